The van der Waals surface area contributed by atoms with Crippen molar-refractivity contribution in [1.82, 2.24) is 10.2 Å². The van der Waals surface area contributed by atoms with Gasteiger partial charge in [-0.1, -0.05) is 37.6 Å². The molecule has 7 heteroatoms. The number of hydrogen-bond acceptors (Lipinski definition) is 4. The lowest BCUT2D eigenvalue weighted by Crippen LogP contribution is -2.49. The Bertz CT molecular complexity index is 840. The highest BCUT2D eigenvalue weighted by Gasteiger charge is 2.28. The lowest BCUT2D eigenvalue weighted by atomic mass is 10.1. The Kier molecular flexibility index (Phi) is 10.9. The van der Waals surface area contributed by atoms with Crippen LogP contribution in [0, 0.1) is 0 Å². The second-order valence-corrected chi connectivity index (χ2v) is 7.93. The summed E-state index contributed by atoms with van der Waals surface area (Å²) < 4.78 is 10.9. The van der Waals surface area contributed by atoms with Crippen LogP contribution in [0.25, 0.3) is 0 Å². The third-order valence-corrected chi connectivity index (χ3v) is 5.32. The fourth-order valence-corrected chi connectivity index (χ4v) is 3.43. The lowest BCUT2D eigenvalue weighted by Gasteiger charge is -2.30. The number of ether oxygens (including phenoxy) is 2. The first-order valence-electron chi connectivity index (χ1n) is 11.1. The standard InChI is InChI=1S/C25H33ClN2O4/c1-4-16-27-25(30)23(5-2)28(18-19-8-10-20(26)11-9-19)24(29)7-6-17-32-22-14-12-21(31-3)13-15-22/h8-15,23H,4-7,16-18H2,1-3H3,(H,27,30)/t23-/m1/s1. The Morgan fingerprint density at radius 2 is 1.69 bits per heavy atom. The third-order valence-electron chi connectivity index (χ3n) is 5.06. The van der Waals surface area contributed by atoms with Crippen molar-refractivity contribution in [2.45, 2.75) is 52.1 Å². The van der Waals surface area contributed by atoms with Gasteiger partial charge in [-0.2, -0.15) is 0 Å². The van der Waals surface area contributed by atoms with Crippen LogP contribution in [0.1, 0.15) is 45.1 Å². The van der Waals surface area contributed by atoms with Gasteiger partial charge >= 0.3 is 0 Å². The zero-order chi connectivity index (χ0) is 23.3. The third kappa shape index (κ3) is 8.08. The number of carbonyl (C=O) groups excluding carboxylic acids is 2. The number of amides is 2. The molecule has 174 valence electrons. The van der Waals surface area contributed by atoms with Gasteiger partial charge in [-0.3, -0.25) is 9.59 Å². The maximum absolute atomic E-state index is 13.1. The molecule has 0 saturated carbocycles. The number of rotatable bonds is 13. The molecule has 0 aliphatic carbocycles. The average molecular weight is 461 g/mol. The van der Waals surface area contributed by atoms with Crippen molar-refractivity contribution in [3.63, 3.8) is 0 Å². The fourth-order valence-electron chi connectivity index (χ4n) is 3.30. The Hall–Kier alpha value is -2.73. The van der Waals surface area contributed by atoms with E-state index in [1.807, 2.05) is 50.2 Å². The molecule has 6 nitrogen and oxygen atoms in total. The molecule has 0 bridgehead atoms. The van der Waals surface area contributed by atoms with Gasteiger partial charge < -0.3 is 19.7 Å². The van der Waals surface area contributed by atoms with E-state index >= 15 is 0 Å². The molecule has 0 spiro atoms. The summed E-state index contributed by atoms with van der Waals surface area (Å²) in [4.78, 5) is 27.5. The van der Waals surface area contributed by atoms with E-state index in [-0.39, 0.29) is 11.8 Å². The van der Waals surface area contributed by atoms with Crippen LogP contribution in [0.5, 0.6) is 11.5 Å². The topological polar surface area (TPSA) is 67.9 Å². The van der Waals surface area contributed by atoms with E-state index < -0.39 is 6.04 Å². The smallest absolute Gasteiger partial charge is 0.242 e. The zero-order valence-corrected chi connectivity index (χ0v) is 19.9. The molecule has 0 aromatic heterocycles. The lowest BCUT2D eigenvalue weighted by molar-refractivity contribution is -0.141. The minimum Gasteiger partial charge on any atom is -0.497 e. The van der Waals surface area contributed by atoms with E-state index in [2.05, 4.69) is 5.32 Å². The molecule has 0 aliphatic rings. The molecular formula is C25H33ClN2O4. The van der Waals surface area contributed by atoms with E-state index in [0.717, 1.165) is 23.5 Å². The maximum atomic E-state index is 13.1. The van der Waals surface area contributed by atoms with Crippen LogP contribution in [0.4, 0.5) is 0 Å². The average Bonchev–Trinajstić information content (AvgIpc) is 2.81. The van der Waals surface area contributed by atoms with Crippen LogP contribution in [0.2, 0.25) is 5.02 Å². The van der Waals surface area contributed by atoms with Crippen molar-refractivity contribution < 1.29 is 19.1 Å². The Morgan fingerprint density at radius 1 is 1.03 bits per heavy atom. The summed E-state index contributed by atoms with van der Waals surface area (Å²) in [5, 5.41) is 3.56. The molecule has 32 heavy (non-hydrogen) atoms. The van der Waals surface area contributed by atoms with E-state index in [1.54, 1.807) is 24.1 Å². The highest BCUT2D eigenvalue weighted by Crippen LogP contribution is 2.19. The quantitative estimate of drug-likeness (QED) is 0.434. The number of carbonyl (C=O) groups is 2. The van der Waals surface area contributed by atoms with Crippen LogP contribution in [0.3, 0.4) is 0 Å². The van der Waals surface area contributed by atoms with E-state index in [4.69, 9.17) is 21.1 Å². The number of halogens is 1. The fraction of sp³-hybridized carbons (Fsp3) is 0.440. The minimum atomic E-state index is -0.521. The van der Waals surface area contributed by atoms with Gasteiger partial charge in [0.25, 0.3) is 0 Å². The number of methoxy groups -OCH3 is 1. The molecule has 0 fully saturated rings. The molecule has 2 amide bonds. The maximum Gasteiger partial charge on any atom is 0.242 e. The van der Waals surface area contributed by atoms with Crippen LogP contribution in [0.15, 0.2) is 48.5 Å². The van der Waals surface area contributed by atoms with Gasteiger partial charge in [0.1, 0.15) is 17.5 Å². The molecule has 1 N–H and O–H groups in total. The molecule has 0 unspecified atom stereocenters. The molecule has 2 rings (SSSR count). The molecule has 0 heterocycles. The van der Waals surface area contributed by atoms with Crippen molar-refractivity contribution >= 4 is 23.4 Å². The predicted octanol–water partition coefficient (Wildman–Crippen LogP) is 4.84. The molecule has 2 aromatic rings. The highest BCUT2D eigenvalue weighted by atomic mass is 35.5. The number of benzene rings is 2. The largest absolute Gasteiger partial charge is 0.497 e. The second-order valence-electron chi connectivity index (χ2n) is 7.49. The number of nitrogens with one attached hydrogen (secondary N) is 1. The van der Waals surface area contributed by atoms with Gasteiger partial charge in [0.2, 0.25) is 11.8 Å². The molecule has 0 saturated heterocycles. The first-order chi connectivity index (χ1) is 15.5. The molecular weight excluding hydrogens is 428 g/mol. The van der Waals surface area contributed by atoms with Gasteiger partial charge in [0, 0.05) is 24.5 Å². The predicted molar refractivity (Wildman–Crippen MR) is 127 cm³/mol. The Labute approximate surface area is 195 Å². The summed E-state index contributed by atoms with van der Waals surface area (Å²) in [7, 11) is 1.61. The van der Waals surface area contributed by atoms with Gasteiger partial charge in [-0.15, -0.1) is 0 Å². The number of nitrogens with zero attached hydrogens (tertiary/aromatic N) is 1. The van der Waals surface area contributed by atoms with Crippen LogP contribution in [-0.2, 0) is 16.1 Å². The monoisotopic (exact) mass is 460 g/mol. The van der Waals surface area contributed by atoms with Crippen molar-refractivity contribution in [2.75, 3.05) is 20.3 Å². The van der Waals surface area contributed by atoms with Crippen LogP contribution in [-0.4, -0.2) is 43.0 Å². The summed E-state index contributed by atoms with van der Waals surface area (Å²) in [6, 6.07) is 14.1. The van der Waals surface area contributed by atoms with Gasteiger partial charge in [-0.25, -0.2) is 0 Å². The van der Waals surface area contributed by atoms with E-state index in [1.165, 1.54) is 0 Å². The Balaban J connectivity index is 2.01. The SMILES string of the molecule is CCCNC(=O)[C@@H](CC)N(Cc1ccc(Cl)cc1)C(=O)CCCOc1ccc(OC)cc1. The first kappa shape index (κ1) is 25.5. The molecule has 0 aliphatic heterocycles. The normalized spacial score (nSPS) is 11.5. The second kappa shape index (κ2) is 13.6. The van der Waals surface area contributed by atoms with Gasteiger partial charge in [-0.05, 0) is 61.2 Å². The summed E-state index contributed by atoms with van der Waals surface area (Å²) in [6.45, 7) is 5.28. The summed E-state index contributed by atoms with van der Waals surface area (Å²) in [5.74, 6) is 1.29. The Morgan fingerprint density at radius 3 is 2.28 bits per heavy atom. The van der Waals surface area contributed by atoms with Crippen molar-refractivity contribution in [3.8, 4) is 11.5 Å². The van der Waals surface area contributed by atoms with E-state index in [9.17, 15) is 9.59 Å². The number of hydrogen-bond donors (Lipinski definition) is 1. The summed E-state index contributed by atoms with van der Waals surface area (Å²) >= 11 is 5.99. The summed E-state index contributed by atoms with van der Waals surface area (Å²) in [5.41, 5.74) is 0.930. The van der Waals surface area contributed by atoms with E-state index in [0.29, 0.717) is 44.0 Å². The van der Waals surface area contributed by atoms with Crippen LogP contribution < -0.4 is 14.8 Å². The van der Waals surface area contributed by atoms with Crippen molar-refractivity contribution in [2.24, 2.45) is 0 Å². The van der Waals surface area contributed by atoms with Gasteiger partial charge in [0.15, 0.2) is 0 Å². The van der Waals surface area contributed by atoms with Gasteiger partial charge in [0.05, 0.1) is 13.7 Å². The molecule has 2 aromatic carbocycles. The highest BCUT2D eigenvalue weighted by molar-refractivity contribution is 6.30. The van der Waals surface area contributed by atoms with Crippen molar-refractivity contribution in [1.29, 1.82) is 0 Å². The summed E-state index contributed by atoms with van der Waals surface area (Å²) in [6.07, 6.45) is 2.23. The molecule has 1 atom stereocenters. The molecule has 0 radical (unpaired) electrons. The van der Waals surface area contributed by atoms with Crippen molar-refractivity contribution in [3.05, 3.63) is 59.1 Å². The van der Waals surface area contributed by atoms with Crippen LogP contribution >= 0.6 is 11.6 Å². The zero-order valence-electron chi connectivity index (χ0n) is 19.1. The minimum absolute atomic E-state index is 0.0724. The first-order valence-corrected chi connectivity index (χ1v) is 11.4.